The minimum atomic E-state index is -4.48. The molecule has 1 unspecified atom stereocenters. The second-order valence-electron chi connectivity index (χ2n) is 8.38. The molecule has 0 radical (unpaired) electrons. The summed E-state index contributed by atoms with van der Waals surface area (Å²) < 4.78 is 56.2. The van der Waals surface area contributed by atoms with E-state index in [2.05, 4.69) is 0 Å². The quantitative estimate of drug-likeness (QED) is 0.440. The van der Waals surface area contributed by atoms with Crippen LogP contribution in [0.25, 0.3) is 0 Å². The van der Waals surface area contributed by atoms with Crippen LogP contribution in [-0.2, 0) is 12.6 Å². The number of hydrogen-bond donors (Lipinski definition) is 0. The van der Waals surface area contributed by atoms with Crippen LogP contribution in [0.4, 0.5) is 13.2 Å². The summed E-state index contributed by atoms with van der Waals surface area (Å²) in [7, 11) is 3.08. The van der Waals surface area contributed by atoms with Crippen molar-refractivity contribution in [3.05, 3.63) is 88.5 Å². The van der Waals surface area contributed by atoms with Crippen molar-refractivity contribution in [3.63, 3.8) is 0 Å². The minimum absolute atomic E-state index is 0.0264. The van der Waals surface area contributed by atoms with Crippen LogP contribution in [-0.4, -0.2) is 38.2 Å². The molecule has 0 fully saturated rings. The molecule has 184 valence electrons. The second kappa shape index (κ2) is 9.90. The fourth-order valence-electron chi connectivity index (χ4n) is 4.33. The molecule has 0 aromatic heterocycles. The summed E-state index contributed by atoms with van der Waals surface area (Å²) in [6, 6.07) is 15.2. The maximum absolute atomic E-state index is 13.5. The Balaban J connectivity index is 1.70. The monoisotopic (exact) mass is 485 g/mol. The highest BCUT2D eigenvalue weighted by molar-refractivity contribution is 5.95. The van der Waals surface area contributed by atoms with Crippen LogP contribution in [0.1, 0.15) is 38.7 Å². The molecule has 0 spiro atoms. The zero-order valence-corrected chi connectivity index (χ0v) is 19.7. The predicted molar refractivity (Wildman–Crippen MR) is 125 cm³/mol. The lowest BCUT2D eigenvalue weighted by Crippen LogP contribution is -2.42. The molecule has 35 heavy (non-hydrogen) atoms. The van der Waals surface area contributed by atoms with Crippen molar-refractivity contribution < 1.29 is 32.2 Å². The summed E-state index contributed by atoms with van der Waals surface area (Å²) in [6.07, 6.45) is -3.89. The van der Waals surface area contributed by atoms with E-state index in [1.165, 1.54) is 19.2 Å². The average Bonchev–Trinajstić information content (AvgIpc) is 2.85. The molecule has 1 aliphatic rings. The Kier molecular flexibility index (Phi) is 6.91. The molecule has 1 aliphatic heterocycles. The number of carbonyl (C=O) groups is 1. The van der Waals surface area contributed by atoms with Crippen molar-refractivity contribution in [1.82, 2.24) is 4.90 Å². The first kappa shape index (κ1) is 24.4. The van der Waals surface area contributed by atoms with Crippen molar-refractivity contribution in [1.29, 1.82) is 0 Å². The Morgan fingerprint density at radius 1 is 1.00 bits per heavy atom. The van der Waals surface area contributed by atoms with Gasteiger partial charge in [0.15, 0.2) is 11.5 Å². The molecule has 5 nitrogen and oxygen atoms in total. The number of carbonyl (C=O) groups excluding carboxylic acids is 1. The maximum atomic E-state index is 13.5. The number of nitrogens with zero attached hydrogens (tertiary/aromatic N) is 1. The Morgan fingerprint density at radius 3 is 2.40 bits per heavy atom. The number of ether oxygens (including phenoxy) is 3. The summed E-state index contributed by atoms with van der Waals surface area (Å²) in [6.45, 7) is 2.31. The van der Waals surface area contributed by atoms with Gasteiger partial charge in [0, 0.05) is 12.1 Å². The lowest BCUT2D eigenvalue weighted by atomic mass is 9.91. The van der Waals surface area contributed by atoms with Gasteiger partial charge in [-0.1, -0.05) is 23.8 Å². The third kappa shape index (κ3) is 5.21. The number of alkyl halides is 3. The largest absolute Gasteiger partial charge is 0.493 e. The second-order valence-corrected chi connectivity index (χ2v) is 8.38. The zero-order valence-electron chi connectivity index (χ0n) is 19.7. The summed E-state index contributed by atoms with van der Waals surface area (Å²) in [5, 5.41) is 0. The first-order valence-electron chi connectivity index (χ1n) is 11.1. The van der Waals surface area contributed by atoms with Gasteiger partial charge in [0.2, 0.25) is 0 Å². The zero-order chi connectivity index (χ0) is 25.2. The third-order valence-corrected chi connectivity index (χ3v) is 6.10. The normalized spacial score (nSPS) is 15.4. The molecular formula is C27H26F3NO4. The van der Waals surface area contributed by atoms with Gasteiger partial charge in [-0.2, -0.15) is 13.2 Å². The van der Waals surface area contributed by atoms with Crippen molar-refractivity contribution in [2.75, 3.05) is 27.4 Å². The van der Waals surface area contributed by atoms with E-state index in [0.29, 0.717) is 30.0 Å². The van der Waals surface area contributed by atoms with Crippen molar-refractivity contribution in [3.8, 4) is 17.2 Å². The van der Waals surface area contributed by atoms with Gasteiger partial charge in [0.1, 0.15) is 12.4 Å². The van der Waals surface area contributed by atoms with E-state index < -0.39 is 17.8 Å². The molecule has 4 rings (SSSR count). The summed E-state index contributed by atoms with van der Waals surface area (Å²) in [4.78, 5) is 15.2. The molecule has 0 saturated heterocycles. The van der Waals surface area contributed by atoms with Gasteiger partial charge in [0.05, 0.1) is 25.8 Å². The van der Waals surface area contributed by atoms with E-state index in [1.54, 1.807) is 18.1 Å². The number of amides is 1. The number of aryl methyl sites for hydroxylation is 1. The van der Waals surface area contributed by atoms with Crippen LogP contribution in [0, 0.1) is 6.92 Å². The number of rotatable bonds is 6. The van der Waals surface area contributed by atoms with Crippen LogP contribution >= 0.6 is 0 Å². The average molecular weight is 486 g/mol. The Hall–Kier alpha value is -3.68. The lowest BCUT2D eigenvalue weighted by molar-refractivity contribution is -0.137. The number of halogens is 3. The van der Waals surface area contributed by atoms with Gasteiger partial charge in [0.25, 0.3) is 5.91 Å². The fourth-order valence-corrected chi connectivity index (χ4v) is 4.33. The maximum Gasteiger partial charge on any atom is 0.416 e. The first-order chi connectivity index (χ1) is 16.7. The minimum Gasteiger partial charge on any atom is -0.493 e. The SMILES string of the molecule is COc1cc2c(cc1OC)C(COc1cccc(C(F)(F)F)c1)N(C(=O)c1cccc(C)c1)CC2. The molecule has 0 saturated carbocycles. The molecule has 1 amide bonds. The molecule has 1 atom stereocenters. The van der Waals surface area contributed by atoms with Gasteiger partial charge in [-0.25, -0.2) is 0 Å². The molecule has 8 heteroatoms. The molecule has 0 N–H and O–H groups in total. The van der Waals surface area contributed by atoms with Crippen LogP contribution in [0.5, 0.6) is 17.2 Å². The number of fused-ring (bicyclic) bond motifs is 1. The highest BCUT2D eigenvalue weighted by atomic mass is 19.4. The highest BCUT2D eigenvalue weighted by Crippen LogP contribution is 2.39. The molecule has 0 aliphatic carbocycles. The number of methoxy groups -OCH3 is 2. The van der Waals surface area contributed by atoms with Gasteiger partial charge in [-0.3, -0.25) is 4.79 Å². The first-order valence-corrected chi connectivity index (χ1v) is 11.1. The molecule has 1 heterocycles. The van der Waals surface area contributed by atoms with Crippen molar-refractivity contribution >= 4 is 5.91 Å². The van der Waals surface area contributed by atoms with Gasteiger partial charge in [-0.05, 0) is 66.9 Å². The summed E-state index contributed by atoms with van der Waals surface area (Å²) >= 11 is 0. The number of hydrogen-bond acceptors (Lipinski definition) is 4. The Bertz CT molecular complexity index is 1230. The van der Waals surface area contributed by atoms with E-state index in [1.807, 2.05) is 37.3 Å². The lowest BCUT2D eigenvalue weighted by Gasteiger charge is -2.37. The van der Waals surface area contributed by atoms with E-state index >= 15 is 0 Å². The standard InChI is InChI=1S/C27H26F3NO4/c1-17-6-4-7-19(12-17)26(32)31-11-10-18-13-24(33-2)25(34-3)15-22(18)23(31)16-35-21-9-5-8-20(14-21)27(28,29)30/h4-9,12-15,23H,10-11,16H2,1-3H3. The summed E-state index contributed by atoms with van der Waals surface area (Å²) in [5.41, 5.74) is 2.48. The highest BCUT2D eigenvalue weighted by Gasteiger charge is 2.34. The number of benzene rings is 3. The van der Waals surface area contributed by atoms with E-state index in [9.17, 15) is 18.0 Å². The summed E-state index contributed by atoms with van der Waals surface area (Å²) in [5.74, 6) is 0.976. The van der Waals surface area contributed by atoms with Crippen LogP contribution in [0.3, 0.4) is 0 Å². The van der Waals surface area contributed by atoms with Crippen LogP contribution in [0.15, 0.2) is 60.7 Å². The van der Waals surface area contributed by atoms with E-state index in [0.717, 1.165) is 28.8 Å². The van der Waals surface area contributed by atoms with Crippen LogP contribution < -0.4 is 14.2 Å². The smallest absolute Gasteiger partial charge is 0.416 e. The molecule has 3 aromatic rings. The van der Waals surface area contributed by atoms with Gasteiger partial charge >= 0.3 is 6.18 Å². The molecular weight excluding hydrogens is 459 g/mol. The predicted octanol–water partition coefficient (Wildman–Crippen LogP) is 5.85. The molecule has 3 aromatic carbocycles. The Morgan fingerprint density at radius 2 is 1.71 bits per heavy atom. The molecule has 0 bridgehead atoms. The van der Waals surface area contributed by atoms with Gasteiger partial charge in [-0.15, -0.1) is 0 Å². The van der Waals surface area contributed by atoms with E-state index in [-0.39, 0.29) is 18.3 Å². The van der Waals surface area contributed by atoms with Crippen molar-refractivity contribution in [2.45, 2.75) is 25.6 Å². The van der Waals surface area contributed by atoms with Gasteiger partial charge < -0.3 is 19.1 Å². The van der Waals surface area contributed by atoms with Crippen molar-refractivity contribution in [2.24, 2.45) is 0 Å². The van der Waals surface area contributed by atoms with E-state index in [4.69, 9.17) is 14.2 Å². The fraction of sp³-hybridized carbons (Fsp3) is 0.296. The third-order valence-electron chi connectivity index (χ3n) is 6.10. The van der Waals surface area contributed by atoms with Crippen LogP contribution in [0.2, 0.25) is 0 Å². The topological polar surface area (TPSA) is 48.0 Å². The Labute approximate surface area is 202 Å².